The minimum absolute atomic E-state index is 0.223. The van der Waals surface area contributed by atoms with Gasteiger partial charge in [-0.3, -0.25) is 0 Å². The number of anilines is 1. The normalized spacial score (nSPS) is 10.0. The summed E-state index contributed by atoms with van der Waals surface area (Å²) in [7, 11) is 1.96. The lowest BCUT2D eigenvalue weighted by molar-refractivity contribution is 0.190. The van der Waals surface area contributed by atoms with Gasteiger partial charge in [0.2, 0.25) is 5.88 Å². The average Bonchev–Trinajstić information content (AvgIpc) is 2.53. The van der Waals surface area contributed by atoms with Crippen LogP contribution in [-0.4, -0.2) is 36.4 Å². The van der Waals surface area contributed by atoms with Gasteiger partial charge >= 0.3 is 6.09 Å². The number of carbonyl (C=O) groups is 1. The molecule has 2 N–H and O–H groups in total. The smallest absolute Gasteiger partial charge is 0.404 e. The highest BCUT2D eigenvalue weighted by Gasteiger charge is 2.05. The van der Waals surface area contributed by atoms with Gasteiger partial charge in [0.15, 0.2) is 0 Å². The second-order valence-electron chi connectivity index (χ2n) is 4.76. The Kier molecular flexibility index (Phi) is 5.59. The molecule has 0 fully saturated rings. The molecule has 0 aliphatic carbocycles. The van der Waals surface area contributed by atoms with Gasteiger partial charge in [-0.2, -0.15) is 4.98 Å². The van der Waals surface area contributed by atoms with Crippen LogP contribution in [0.2, 0.25) is 0 Å². The Hall–Kier alpha value is -2.76. The minimum atomic E-state index is -1.06. The van der Waals surface area contributed by atoms with Gasteiger partial charge in [0.1, 0.15) is 12.4 Å². The van der Waals surface area contributed by atoms with E-state index in [9.17, 15) is 4.79 Å². The summed E-state index contributed by atoms with van der Waals surface area (Å²) in [6, 6.07) is 15.6. The molecule has 0 atom stereocenters. The van der Waals surface area contributed by atoms with Crippen molar-refractivity contribution in [2.24, 2.45) is 0 Å². The molecule has 2 rings (SSSR count). The molecule has 1 amide bonds. The van der Waals surface area contributed by atoms with Crippen LogP contribution < -0.4 is 15.0 Å². The topological polar surface area (TPSA) is 74.7 Å². The van der Waals surface area contributed by atoms with Crippen LogP contribution in [0.5, 0.6) is 5.88 Å². The molecule has 0 aliphatic rings. The first-order valence-corrected chi connectivity index (χ1v) is 6.97. The van der Waals surface area contributed by atoms with Crippen molar-refractivity contribution in [2.75, 3.05) is 25.1 Å². The van der Waals surface area contributed by atoms with E-state index in [2.05, 4.69) is 22.4 Å². The number of pyridine rings is 1. The van der Waals surface area contributed by atoms with Crippen LogP contribution in [0.25, 0.3) is 0 Å². The Labute approximate surface area is 129 Å². The van der Waals surface area contributed by atoms with Gasteiger partial charge in [0.25, 0.3) is 0 Å². The molecule has 0 saturated carbocycles. The van der Waals surface area contributed by atoms with Crippen molar-refractivity contribution in [1.82, 2.24) is 10.3 Å². The fourth-order valence-electron chi connectivity index (χ4n) is 1.95. The van der Waals surface area contributed by atoms with Crippen molar-refractivity contribution in [3.05, 3.63) is 54.1 Å². The first-order chi connectivity index (χ1) is 10.6. The number of benzene rings is 1. The van der Waals surface area contributed by atoms with Gasteiger partial charge in [0.05, 0.1) is 6.54 Å². The molecular formula is C16H19N3O3. The fourth-order valence-corrected chi connectivity index (χ4v) is 1.95. The van der Waals surface area contributed by atoms with Crippen LogP contribution in [0.3, 0.4) is 0 Å². The molecule has 1 heterocycles. The standard InChI is InChI=1S/C16H19N3O3/c1-19(12-13-6-3-2-4-7-13)14-8-5-9-15(18-14)22-11-10-17-16(20)21/h2-9,17H,10-12H2,1H3,(H,20,21). The Morgan fingerprint density at radius 1 is 1.23 bits per heavy atom. The maximum atomic E-state index is 10.3. The van der Waals surface area contributed by atoms with Gasteiger partial charge in [-0.15, -0.1) is 0 Å². The fraction of sp³-hybridized carbons (Fsp3) is 0.250. The minimum Gasteiger partial charge on any atom is -0.476 e. The number of hydrogen-bond donors (Lipinski definition) is 2. The Bertz CT molecular complexity index is 605. The maximum absolute atomic E-state index is 10.3. The Morgan fingerprint density at radius 2 is 2.00 bits per heavy atom. The predicted molar refractivity (Wildman–Crippen MR) is 84.3 cm³/mol. The monoisotopic (exact) mass is 301 g/mol. The molecule has 0 unspecified atom stereocenters. The van der Waals surface area contributed by atoms with Crippen LogP contribution in [0.15, 0.2) is 48.5 Å². The molecule has 0 saturated heterocycles. The highest BCUT2D eigenvalue weighted by molar-refractivity contribution is 5.64. The highest BCUT2D eigenvalue weighted by Crippen LogP contribution is 2.16. The SMILES string of the molecule is CN(Cc1ccccc1)c1cccc(OCCNC(=O)O)n1. The number of aromatic nitrogens is 1. The zero-order valence-electron chi connectivity index (χ0n) is 12.4. The molecule has 6 heteroatoms. The van der Waals surface area contributed by atoms with Crippen LogP contribution in [0, 0.1) is 0 Å². The first-order valence-electron chi connectivity index (χ1n) is 6.97. The van der Waals surface area contributed by atoms with Crippen LogP contribution in [0.4, 0.5) is 10.6 Å². The third-order valence-electron chi connectivity index (χ3n) is 2.99. The molecule has 6 nitrogen and oxygen atoms in total. The van der Waals surface area contributed by atoms with E-state index in [1.165, 1.54) is 5.56 Å². The van der Waals surface area contributed by atoms with Crippen molar-refractivity contribution in [3.63, 3.8) is 0 Å². The predicted octanol–water partition coefficient (Wildman–Crippen LogP) is 2.36. The molecule has 0 bridgehead atoms. The lowest BCUT2D eigenvalue weighted by Gasteiger charge is -2.19. The molecular weight excluding hydrogens is 282 g/mol. The molecule has 2 aromatic rings. The summed E-state index contributed by atoms with van der Waals surface area (Å²) < 4.78 is 5.43. The number of rotatable bonds is 7. The molecule has 0 radical (unpaired) electrons. The zero-order valence-corrected chi connectivity index (χ0v) is 12.4. The average molecular weight is 301 g/mol. The highest BCUT2D eigenvalue weighted by atomic mass is 16.5. The van der Waals surface area contributed by atoms with Crippen molar-refractivity contribution >= 4 is 11.9 Å². The Morgan fingerprint density at radius 3 is 2.73 bits per heavy atom. The van der Waals surface area contributed by atoms with E-state index in [-0.39, 0.29) is 13.2 Å². The lowest BCUT2D eigenvalue weighted by Crippen LogP contribution is -2.26. The number of hydrogen-bond acceptors (Lipinski definition) is 4. The zero-order chi connectivity index (χ0) is 15.8. The van der Waals surface area contributed by atoms with Crippen LogP contribution in [-0.2, 0) is 6.54 Å². The number of ether oxygens (including phenoxy) is 1. The van der Waals surface area contributed by atoms with Gasteiger partial charge in [-0.05, 0) is 11.6 Å². The summed E-state index contributed by atoms with van der Waals surface area (Å²) in [6.45, 7) is 1.21. The van der Waals surface area contributed by atoms with E-state index < -0.39 is 6.09 Å². The van der Waals surface area contributed by atoms with E-state index in [0.717, 1.165) is 12.4 Å². The summed E-state index contributed by atoms with van der Waals surface area (Å²) in [5.74, 6) is 1.28. The van der Waals surface area contributed by atoms with Crippen molar-refractivity contribution < 1.29 is 14.6 Å². The van der Waals surface area contributed by atoms with E-state index in [4.69, 9.17) is 9.84 Å². The van der Waals surface area contributed by atoms with Gasteiger partial charge in [-0.25, -0.2) is 4.79 Å². The third-order valence-corrected chi connectivity index (χ3v) is 2.99. The van der Waals surface area contributed by atoms with Gasteiger partial charge in [0, 0.05) is 19.7 Å². The van der Waals surface area contributed by atoms with E-state index in [1.807, 2.05) is 42.3 Å². The summed E-state index contributed by atoms with van der Waals surface area (Å²) in [5, 5.41) is 10.7. The van der Waals surface area contributed by atoms with Crippen LogP contribution in [0.1, 0.15) is 5.56 Å². The second kappa shape index (κ2) is 7.87. The van der Waals surface area contributed by atoms with E-state index >= 15 is 0 Å². The number of nitrogens with one attached hydrogen (secondary N) is 1. The summed E-state index contributed by atoms with van der Waals surface area (Å²) >= 11 is 0. The summed E-state index contributed by atoms with van der Waals surface area (Å²) in [4.78, 5) is 16.8. The number of nitrogens with zero attached hydrogens (tertiary/aromatic N) is 2. The quantitative estimate of drug-likeness (QED) is 0.768. The van der Waals surface area contributed by atoms with E-state index in [0.29, 0.717) is 5.88 Å². The number of carboxylic acid groups (broad SMARTS) is 1. The molecule has 0 aliphatic heterocycles. The third kappa shape index (κ3) is 4.97. The van der Waals surface area contributed by atoms with Crippen LogP contribution >= 0.6 is 0 Å². The molecule has 1 aromatic heterocycles. The maximum Gasteiger partial charge on any atom is 0.404 e. The molecule has 1 aromatic carbocycles. The summed E-state index contributed by atoms with van der Waals surface area (Å²) in [6.07, 6.45) is -1.06. The molecule has 0 spiro atoms. The second-order valence-corrected chi connectivity index (χ2v) is 4.76. The van der Waals surface area contributed by atoms with Gasteiger partial charge in [-0.1, -0.05) is 36.4 Å². The molecule has 116 valence electrons. The van der Waals surface area contributed by atoms with Gasteiger partial charge < -0.3 is 20.1 Å². The van der Waals surface area contributed by atoms with E-state index in [1.54, 1.807) is 6.07 Å². The number of amides is 1. The first kappa shape index (κ1) is 15.6. The Balaban J connectivity index is 1.91. The summed E-state index contributed by atoms with van der Waals surface area (Å²) in [5.41, 5.74) is 1.20. The lowest BCUT2D eigenvalue weighted by atomic mass is 10.2. The van der Waals surface area contributed by atoms with Crippen molar-refractivity contribution in [3.8, 4) is 5.88 Å². The largest absolute Gasteiger partial charge is 0.476 e. The van der Waals surface area contributed by atoms with Crippen molar-refractivity contribution in [1.29, 1.82) is 0 Å². The van der Waals surface area contributed by atoms with Crippen molar-refractivity contribution in [2.45, 2.75) is 6.54 Å². The molecule has 22 heavy (non-hydrogen) atoms.